The van der Waals surface area contributed by atoms with Crippen molar-refractivity contribution in [2.75, 3.05) is 0 Å². The Morgan fingerprint density at radius 2 is 2.09 bits per heavy atom. The molecule has 0 bridgehead atoms. The predicted octanol–water partition coefficient (Wildman–Crippen LogP) is 1.34. The van der Waals surface area contributed by atoms with Crippen LogP contribution in [0.4, 0.5) is 0 Å². The predicted molar refractivity (Wildman–Crippen MR) is 77.2 cm³/mol. The summed E-state index contributed by atoms with van der Waals surface area (Å²) < 4.78 is 2.82. The minimum absolute atomic E-state index is 0.0480. The summed E-state index contributed by atoms with van der Waals surface area (Å²) in [5.41, 5.74) is 0.825. The van der Waals surface area contributed by atoms with E-state index in [1.807, 2.05) is 12.1 Å². The van der Waals surface area contributed by atoms with E-state index in [2.05, 4.69) is 9.97 Å². The first-order chi connectivity index (χ1) is 10.6. The van der Waals surface area contributed by atoms with Gasteiger partial charge in [-0.15, -0.1) is 0 Å². The number of nitrogens with zero attached hydrogens (tertiary/aromatic N) is 6. The van der Waals surface area contributed by atoms with Gasteiger partial charge in [-0.25, -0.2) is 9.97 Å². The van der Waals surface area contributed by atoms with E-state index in [1.54, 1.807) is 12.1 Å². The van der Waals surface area contributed by atoms with Crippen LogP contribution in [-0.2, 0) is 6.54 Å². The molecule has 0 atom stereocenters. The first-order valence-electron chi connectivity index (χ1n) is 6.15. The molecule has 0 aliphatic carbocycles. The minimum atomic E-state index is -0.276. The molecular weight excluding hydrogens is 304 g/mol. The summed E-state index contributed by atoms with van der Waals surface area (Å²) in [7, 11) is 0. The van der Waals surface area contributed by atoms with Crippen LogP contribution in [0.2, 0.25) is 5.02 Å². The molecule has 0 aromatic carbocycles. The fraction of sp³-hybridized carbons (Fsp3) is 0.0714. The molecular formula is C14H7ClN6O. The van der Waals surface area contributed by atoms with Crippen molar-refractivity contribution in [1.82, 2.24) is 18.9 Å². The van der Waals surface area contributed by atoms with Crippen molar-refractivity contribution in [1.29, 1.82) is 10.5 Å². The molecule has 0 amide bonds. The van der Waals surface area contributed by atoms with E-state index < -0.39 is 0 Å². The average Bonchev–Trinajstić information content (AvgIpc) is 2.90. The molecule has 3 aromatic heterocycles. The number of aromatic nitrogens is 4. The highest BCUT2D eigenvalue weighted by Crippen LogP contribution is 2.10. The minimum Gasteiger partial charge on any atom is -0.315 e. The molecule has 0 N–H and O–H groups in total. The zero-order chi connectivity index (χ0) is 15.7. The fourth-order valence-electron chi connectivity index (χ4n) is 2.08. The largest absolute Gasteiger partial charge is 0.315 e. The molecule has 3 heterocycles. The Labute approximate surface area is 129 Å². The number of hydrogen-bond donors (Lipinski definition) is 0. The second-order valence-corrected chi connectivity index (χ2v) is 4.89. The first-order valence-corrected chi connectivity index (χ1v) is 6.53. The molecule has 3 rings (SSSR count). The zero-order valence-corrected chi connectivity index (χ0v) is 11.8. The van der Waals surface area contributed by atoms with Crippen molar-refractivity contribution in [2.24, 2.45) is 0 Å². The lowest BCUT2D eigenvalue weighted by Crippen LogP contribution is -2.16. The topological polar surface area (TPSA) is 99.8 Å². The number of rotatable bonds is 2. The lowest BCUT2D eigenvalue weighted by Gasteiger charge is -2.06. The average molecular weight is 311 g/mol. The van der Waals surface area contributed by atoms with Gasteiger partial charge in [0.2, 0.25) is 0 Å². The summed E-state index contributed by atoms with van der Waals surface area (Å²) >= 11 is 5.85. The maximum absolute atomic E-state index is 12.1. The highest BCUT2D eigenvalue weighted by Gasteiger charge is 2.11. The number of pyridine rings is 1. The molecule has 8 heteroatoms. The van der Waals surface area contributed by atoms with Crippen LogP contribution in [0.3, 0.4) is 0 Å². The van der Waals surface area contributed by atoms with Crippen LogP contribution in [0.5, 0.6) is 0 Å². The van der Waals surface area contributed by atoms with Crippen molar-refractivity contribution in [2.45, 2.75) is 6.54 Å². The van der Waals surface area contributed by atoms with Gasteiger partial charge >= 0.3 is 0 Å². The standard InChI is InChI=1S/C14H7ClN6O/c15-9-1-2-13-19-10(3-14(22)21(13)6-9)7-20-8-18-11(4-16)12(20)5-17/h1-3,6,8H,7H2. The number of imidazole rings is 1. The van der Waals surface area contributed by atoms with Crippen molar-refractivity contribution in [3.63, 3.8) is 0 Å². The van der Waals surface area contributed by atoms with Crippen LogP contribution in [0.1, 0.15) is 17.1 Å². The van der Waals surface area contributed by atoms with E-state index in [9.17, 15) is 4.79 Å². The van der Waals surface area contributed by atoms with Crippen molar-refractivity contribution in [3.05, 3.63) is 63.2 Å². The summed E-state index contributed by atoms with van der Waals surface area (Å²) in [4.78, 5) is 20.3. The van der Waals surface area contributed by atoms with Crippen LogP contribution in [0, 0.1) is 22.7 Å². The summed E-state index contributed by atoms with van der Waals surface area (Å²) in [6, 6.07) is 8.40. The first kappa shape index (κ1) is 13.8. The van der Waals surface area contributed by atoms with Crippen LogP contribution in [0.15, 0.2) is 35.5 Å². The molecule has 0 aliphatic heterocycles. The Hall–Kier alpha value is -3.16. The molecule has 0 saturated carbocycles. The Bertz CT molecular complexity index is 1020. The van der Waals surface area contributed by atoms with Gasteiger partial charge in [-0.3, -0.25) is 9.20 Å². The van der Waals surface area contributed by atoms with E-state index >= 15 is 0 Å². The van der Waals surface area contributed by atoms with Gasteiger partial charge in [0, 0.05) is 12.3 Å². The Kier molecular flexibility index (Phi) is 3.34. The second-order valence-electron chi connectivity index (χ2n) is 4.45. The summed E-state index contributed by atoms with van der Waals surface area (Å²) in [6.07, 6.45) is 2.87. The van der Waals surface area contributed by atoms with Gasteiger partial charge < -0.3 is 4.57 Å². The van der Waals surface area contributed by atoms with Gasteiger partial charge in [-0.1, -0.05) is 11.6 Å². The number of halogens is 1. The van der Waals surface area contributed by atoms with E-state index in [1.165, 1.54) is 27.6 Å². The van der Waals surface area contributed by atoms with Crippen molar-refractivity contribution < 1.29 is 0 Å². The van der Waals surface area contributed by atoms with Crippen molar-refractivity contribution >= 4 is 17.2 Å². The van der Waals surface area contributed by atoms with Gasteiger partial charge in [-0.05, 0) is 12.1 Å². The van der Waals surface area contributed by atoms with Crippen LogP contribution < -0.4 is 5.56 Å². The normalized spacial score (nSPS) is 10.3. The SMILES string of the molecule is N#Cc1ncn(Cc2cc(=O)n3cc(Cl)ccc3n2)c1C#N. The molecule has 22 heavy (non-hydrogen) atoms. The van der Waals surface area contributed by atoms with Crippen LogP contribution in [0.25, 0.3) is 5.65 Å². The third-order valence-electron chi connectivity index (χ3n) is 3.06. The van der Waals surface area contributed by atoms with Crippen molar-refractivity contribution in [3.8, 4) is 12.1 Å². The smallest absolute Gasteiger partial charge is 0.258 e. The molecule has 106 valence electrons. The second kappa shape index (κ2) is 5.32. The quantitative estimate of drug-likeness (QED) is 0.711. The summed E-state index contributed by atoms with van der Waals surface area (Å²) in [6.45, 7) is 0.173. The molecule has 0 spiro atoms. The Morgan fingerprint density at radius 3 is 2.82 bits per heavy atom. The van der Waals surface area contributed by atoms with Gasteiger partial charge in [0.15, 0.2) is 11.4 Å². The van der Waals surface area contributed by atoms with Gasteiger partial charge in [0.25, 0.3) is 5.56 Å². The molecule has 7 nitrogen and oxygen atoms in total. The highest BCUT2D eigenvalue weighted by molar-refractivity contribution is 6.30. The summed E-state index contributed by atoms with van der Waals surface area (Å²) in [5.74, 6) is 0. The molecule has 0 aliphatic rings. The fourth-order valence-corrected chi connectivity index (χ4v) is 2.24. The Morgan fingerprint density at radius 1 is 1.27 bits per heavy atom. The van der Waals surface area contributed by atoms with E-state index in [-0.39, 0.29) is 23.5 Å². The monoisotopic (exact) mass is 310 g/mol. The van der Waals surface area contributed by atoms with Crippen LogP contribution in [-0.4, -0.2) is 18.9 Å². The third kappa shape index (κ3) is 2.30. The van der Waals surface area contributed by atoms with Gasteiger partial charge in [0.05, 0.1) is 23.6 Å². The van der Waals surface area contributed by atoms with E-state index in [4.69, 9.17) is 22.1 Å². The Balaban J connectivity index is 2.08. The lowest BCUT2D eigenvalue weighted by atomic mass is 10.3. The third-order valence-corrected chi connectivity index (χ3v) is 3.28. The maximum Gasteiger partial charge on any atom is 0.258 e. The van der Waals surface area contributed by atoms with E-state index in [0.29, 0.717) is 16.4 Å². The number of hydrogen-bond acceptors (Lipinski definition) is 5. The maximum atomic E-state index is 12.1. The van der Waals surface area contributed by atoms with Gasteiger partial charge in [0.1, 0.15) is 17.8 Å². The number of fused-ring (bicyclic) bond motifs is 1. The van der Waals surface area contributed by atoms with E-state index in [0.717, 1.165) is 0 Å². The highest BCUT2D eigenvalue weighted by atomic mass is 35.5. The van der Waals surface area contributed by atoms with Crippen LogP contribution >= 0.6 is 11.6 Å². The number of nitriles is 2. The molecule has 0 fully saturated rings. The lowest BCUT2D eigenvalue weighted by molar-refractivity contribution is 0.758. The van der Waals surface area contributed by atoms with Gasteiger partial charge in [-0.2, -0.15) is 10.5 Å². The molecule has 0 radical (unpaired) electrons. The zero-order valence-electron chi connectivity index (χ0n) is 11.1. The molecule has 3 aromatic rings. The summed E-state index contributed by atoms with van der Waals surface area (Å²) in [5, 5.41) is 18.4. The molecule has 0 unspecified atom stereocenters. The molecule has 0 saturated heterocycles.